The summed E-state index contributed by atoms with van der Waals surface area (Å²) in [6, 6.07) is 16.2. The normalized spacial score (nSPS) is 15.5. The number of aromatic nitrogens is 2. The number of hydrogen-bond acceptors (Lipinski definition) is 4. The third-order valence-corrected chi connectivity index (χ3v) is 6.51. The zero-order chi connectivity index (χ0) is 19.2. The van der Waals surface area contributed by atoms with Gasteiger partial charge < -0.3 is 5.32 Å². The number of aryl methyl sites for hydroxylation is 1. The Kier molecular flexibility index (Phi) is 4.11. The van der Waals surface area contributed by atoms with Crippen LogP contribution in [0.3, 0.4) is 0 Å². The number of rotatable bonds is 3. The summed E-state index contributed by atoms with van der Waals surface area (Å²) in [4.78, 5) is 13.1. The smallest absolute Gasteiger partial charge is 0.272 e. The van der Waals surface area contributed by atoms with Gasteiger partial charge in [-0.25, -0.2) is 8.42 Å². The number of hydrogen-bond donors (Lipinski definition) is 1. The monoisotopic (exact) mass is 381 g/mol. The van der Waals surface area contributed by atoms with Gasteiger partial charge in [-0.3, -0.25) is 9.48 Å². The number of amides is 1. The molecule has 2 heterocycles. The summed E-state index contributed by atoms with van der Waals surface area (Å²) in [6.45, 7) is 1.88. The molecule has 0 saturated carbocycles. The summed E-state index contributed by atoms with van der Waals surface area (Å²) < 4.78 is 27.0. The van der Waals surface area contributed by atoms with Crippen molar-refractivity contribution in [2.45, 2.75) is 23.6 Å². The Morgan fingerprint density at radius 1 is 1.11 bits per heavy atom. The summed E-state index contributed by atoms with van der Waals surface area (Å²) in [5.74, 6) is -0.604. The van der Waals surface area contributed by atoms with Gasteiger partial charge in [-0.15, -0.1) is 0 Å². The van der Waals surface area contributed by atoms with Gasteiger partial charge in [0, 0.05) is 18.2 Å². The molecule has 1 N–H and O–H groups in total. The molecule has 0 aliphatic carbocycles. The highest BCUT2D eigenvalue weighted by Crippen LogP contribution is 2.38. The van der Waals surface area contributed by atoms with E-state index in [4.69, 9.17) is 0 Å². The topological polar surface area (TPSA) is 81.1 Å². The van der Waals surface area contributed by atoms with E-state index in [1.807, 2.05) is 37.3 Å². The molecule has 138 valence electrons. The van der Waals surface area contributed by atoms with Crippen molar-refractivity contribution in [3.8, 4) is 11.3 Å². The lowest BCUT2D eigenvalue weighted by atomic mass is 10.0. The van der Waals surface area contributed by atoms with E-state index in [9.17, 15) is 13.2 Å². The third-order valence-electron chi connectivity index (χ3n) is 4.82. The average molecular weight is 381 g/mol. The van der Waals surface area contributed by atoms with Crippen molar-refractivity contribution < 1.29 is 13.2 Å². The fourth-order valence-corrected chi connectivity index (χ4v) is 5.11. The molecular formula is C20H19N3O3S. The number of nitrogens with one attached hydrogen (secondary N) is 1. The Hall–Kier alpha value is -2.93. The Balaban J connectivity index is 1.74. The van der Waals surface area contributed by atoms with E-state index in [2.05, 4.69) is 10.4 Å². The highest BCUT2D eigenvalue weighted by molar-refractivity contribution is 7.90. The van der Waals surface area contributed by atoms with E-state index in [1.54, 1.807) is 36.0 Å². The molecule has 0 fully saturated rings. The fraction of sp³-hybridized carbons (Fsp3) is 0.200. The Labute approximate surface area is 157 Å². The number of carbonyl (C=O) groups is 1. The minimum absolute atomic E-state index is 0.161. The first-order valence-corrected chi connectivity index (χ1v) is 10.3. The summed E-state index contributed by atoms with van der Waals surface area (Å²) in [5, 5.41) is 7.26. The Morgan fingerprint density at radius 2 is 1.78 bits per heavy atom. The zero-order valence-corrected chi connectivity index (χ0v) is 15.8. The van der Waals surface area contributed by atoms with Crippen LogP contribution < -0.4 is 5.32 Å². The standard InChI is InChI=1S/C20H19N3O3S/c1-13(14-8-4-3-5-9-14)21-20(24)18-16-12-27(25,26)17-11-7-6-10-15(17)19(16)23(2)22-18/h3-11,13H,12H2,1-2H3,(H,21,24)/t13-/m0/s1. The maximum Gasteiger partial charge on any atom is 0.272 e. The van der Waals surface area contributed by atoms with Crippen molar-refractivity contribution in [3.05, 3.63) is 71.4 Å². The first kappa shape index (κ1) is 17.5. The minimum atomic E-state index is -3.51. The maximum absolute atomic E-state index is 12.9. The molecule has 7 heteroatoms. The molecule has 0 saturated heterocycles. The van der Waals surface area contributed by atoms with Crippen LogP contribution in [0, 0.1) is 0 Å². The molecule has 1 atom stereocenters. The summed E-state index contributed by atoms with van der Waals surface area (Å²) in [7, 11) is -1.78. The van der Waals surface area contributed by atoms with Crippen molar-refractivity contribution >= 4 is 15.7 Å². The van der Waals surface area contributed by atoms with Gasteiger partial charge in [0.25, 0.3) is 5.91 Å². The van der Waals surface area contributed by atoms with Gasteiger partial charge in [-0.05, 0) is 18.6 Å². The molecule has 1 aliphatic rings. The second-order valence-electron chi connectivity index (χ2n) is 6.66. The molecule has 6 nitrogen and oxygen atoms in total. The van der Waals surface area contributed by atoms with Gasteiger partial charge in [0.15, 0.2) is 15.5 Å². The first-order chi connectivity index (χ1) is 12.9. The lowest BCUT2D eigenvalue weighted by molar-refractivity contribution is 0.0933. The molecule has 27 heavy (non-hydrogen) atoms. The quantitative estimate of drug-likeness (QED) is 0.756. The zero-order valence-electron chi connectivity index (χ0n) is 15.0. The number of carbonyl (C=O) groups excluding carboxylic acids is 1. The molecule has 1 aliphatic heterocycles. The molecule has 2 aromatic carbocycles. The average Bonchev–Trinajstić information content (AvgIpc) is 2.98. The van der Waals surface area contributed by atoms with Gasteiger partial charge >= 0.3 is 0 Å². The van der Waals surface area contributed by atoms with Gasteiger partial charge in [0.05, 0.1) is 22.4 Å². The second kappa shape index (κ2) is 6.35. The van der Waals surface area contributed by atoms with E-state index in [0.717, 1.165) is 5.56 Å². The van der Waals surface area contributed by atoms with E-state index >= 15 is 0 Å². The molecule has 0 unspecified atom stereocenters. The number of sulfone groups is 1. The van der Waals surface area contributed by atoms with Crippen molar-refractivity contribution in [1.29, 1.82) is 0 Å². The van der Waals surface area contributed by atoms with Crippen LogP contribution in [0.1, 0.15) is 34.6 Å². The number of benzene rings is 2. The Bertz CT molecular complexity index is 1130. The number of fused-ring (bicyclic) bond motifs is 3. The summed E-state index contributed by atoms with van der Waals surface area (Å²) in [6.07, 6.45) is 0. The van der Waals surface area contributed by atoms with E-state index in [1.165, 1.54) is 0 Å². The van der Waals surface area contributed by atoms with Crippen molar-refractivity contribution in [3.63, 3.8) is 0 Å². The van der Waals surface area contributed by atoms with Crippen LogP contribution in [0.5, 0.6) is 0 Å². The van der Waals surface area contributed by atoms with Crippen LogP contribution >= 0.6 is 0 Å². The largest absolute Gasteiger partial charge is 0.344 e. The van der Waals surface area contributed by atoms with Gasteiger partial charge in [0.2, 0.25) is 0 Å². The van der Waals surface area contributed by atoms with Crippen LogP contribution in [0.25, 0.3) is 11.3 Å². The summed E-state index contributed by atoms with van der Waals surface area (Å²) >= 11 is 0. The highest BCUT2D eigenvalue weighted by Gasteiger charge is 2.34. The van der Waals surface area contributed by atoms with E-state index in [-0.39, 0.29) is 28.3 Å². The van der Waals surface area contributed by atoms with Crippen molar-refractivity contribution in [2.24, 2.45) is 7.05 Å². The van der Waals surface area contributed by atoms with E-state index in [0.29, 0.717) is 16.8 Å². The van der Waals surface area contributed by atoms with Crippen molar-refractivity contribution in [2.75, 3.05) is 0 Å². The lowest BCUT2D eigenvalue weighted by Crippen LogP contribution is -2.28. The first-order valence-electron chi connectivity index (χ1n) is 8.62. The third kappa shape index (κ3) is 2.94. The molecule has 3 aromatic rings. The van der Waals surface area contributed by atoms with Crippen LogP contribution in [0.15, 0.2) is 59.5 Å². The van der Waals surface area contributed by atoms with E-state index < -0.39 is 9.84 Å². The van der Waals surface area contributed by atoms with Gasteiger partial charge in [0.1, 0.15) is 0 Å². The molecule has 4 rings (SSSR count). The molecule has 0 bridgehead atoms. The molecule has 0 spiro atoms. The minimum Gasteiger partial charge on any atom is -0.344 e. The molecular weight excluding hydrogens is 362 g/mol. The SMILES string of the molecule is C[C@H](NC(=O)c1nn(C)c2c1CS(=O)(=O)c1ccccc1-2)c1ccccc1. The van der Waals surface area contributed by atoms with Gasteiger partial charge in [-0.1, -0.05) is 48.5 Å². The van der Waals surface area contributed by atoms with Gasteiger partial charge in [-0.2, -0.15) is 5.10 Å². The highest BCUT2D eigenvalue weighted by atomic mass is 32.2. The molecule has 1 amide bonds. The summed E-state index contributed by atoms with van der Waals surface area (Å²) in [5.41, 5.74) is 2.85. The Morgan fingerprint density at radius 3 is 2.52 bits per heavy atom. The maximum atomic E-state index is 12.9. The predicted molar refractivity (Wildman–Crippen MR) is 102 cm³/mol. The number of nitrogens with zero attached hydrogens (tertiary/aromatic N) is 2. The van der Waals surface area contributed by atoms with Crippen LogP contribution in [-0.4, -0.2) is 24.1 Å². The lowest BCUT2D eigenvalue weighted by Gasteiger charge is -2.18. The predicted octanol–water partition coefficient (Wildman–Crippen LogP) is 2.87. The van der Waals surface area contributed by atoms with Crippen LogP contribution in [0.2, 0.25) is 0 Å². The van der Waals surface area contributed by atoms with Crippen LogP contribution in [-0.2, 0) is 22.6 Å². The van der Waals surface area contributed by atoms with Crippen molar-refractivity contribution in [1.82, 2.24) is 15.1 Å². The van der Waals surface area contributed by atoms with Crippen LogP contribution in [0.4, 0.5) is 0 Å². The fourth-order valence-electron chi connectivity index (χ4n) is 3.52. The molecule has 1 aromatic heterocycles. The molecule has 0 radical (unpaired) electrons. The second-order valence-corrected chi connectivity index (χ2v) is 8.62.